The highest BCUT2D eigenvalue weighted by atomic mass is 15.0. The number of aromatic nitrogens is 2. The van der Waals surface area contributed by atoms with E-state index in [0.29, 0.717) is 5.56 Å². The molecule has 0 saturated carbocycles. The normalized spacial score (nSPS) is 12.3. The van der Waals surface area contributed by atoms with E-state index in [1.54, 1.807) is 6.20 Å². The van der Waals surface area contributed by atoms with E-state index in [2.05, 4.69) is 47.2 Å². The summed E-state index contributed by atoms with van der Waals surface area (Å²) in [5, 5.41) is 13.8. The molecule has 0 fully saturated rings. The molecule has 0 unspecified atom stereocenters. The SMILES string of the molecule is C=C1C=Cc2cc(-c3ccc4ncccc4c3)c(-c3cccc(C#N)c3C)nc2N1. The molecule has 30 heavy (non-hydrogen) atoms. The maximum Gasteiger partial charge on any atom is 0.138 e. The van der Waals surface area contributed by atoms with Gasteiger partial charge in [-0.2, -0.15) is 5.26 Å². The van der Waals surface area contributed by atoms with Gasteiger partial charge >= 0.3 is 0 Å². The Bertz CT molecular complexity index is 1410. The second kappa shape index (κ2) is 6.98. The first-order chi connectivity index (χ1) is 14.6. The number of fused-ring (bicyclic) bond motifs is 2. The van der Waals surface area contributed by atoms with Crippen LogP contribution in [0.1, 0.15) is 16.7 Å². The van der Waals surface area contributed by atoms with E-state index in [0.717, 1.165) is 55.9 Å². The molecule has 4 heteroatoms. The lowest BCUT2D eigenvalue weighted by Gasteiger charge is -2.19. The molecule has 0 aliphatic carbocycles. The standard InChI is InChI=1S/C26H18N4/c1-16-8-9-20-14-23(18-10-11-24-19(13-18)6-4-12-28-24)25(30-26(20)29-16)22-7-3-5-21(15-27)17(22)2/h3-14H,1H2,2H3,(H,29,30). The van der Waals surface area contributed by atoms with E-state index in [1.807, 2.05) is 49.4 Å². The Morgan fingerprint density at radius 2 is 1.90 bits per heavy atom. The van der Waals surface area contributed by atoms with Crippen LogP contribution in [0.4, 0.5) is 5.82 Å². The van der Waals surface area contributed by atoms with Crippen molar-refractivity contribution in [1.82, 2.24) is 9.97 Å². The summed E-state index contributed by atoms with van der Waals surface area (Å²) in [6.45, 7) is 5.95. The third kappa shape index (κ3) is 2.94. The van der Waals surface area contributed by atoms with E-state index < -0.39 is 0 Å². The van der Waals surface area contributed by atoms with Crippen molar-refractivity contribution in [3.8, 4) is 28.5 Å². The van der Waals surface area contributed by atoms with Crippen LogP contribution in [0.5, 0.6) is 0 Å². The zero-order chi connectivity index (χ0) is 20.7. The Hall–Kier alpha value is -4.23. The first kappa shape index (κ1) is 17.8. The number of hydrogen-bond donors (Lipinski definition) is 1. The highest BCUT2D eigenvalue weighted by molar-refractivity contribution is 5.92. The van der Waals surface area contributed by atoms with Gasteiger partial charge in [0.1, 0.15) is 5.82 Å². The Morgan fingerprint density at radius 1 is 1.00 bits per heavy atom. The fraction of sp³-hybridized carbons (Fsp3) is 0.0385. The summed E-state index contributed by atoms with van der Waals surface area (Å²) in [5.74, 6) is 0.769. The smallest absolute Gasteiger partial charge is 0.138 e. The lowest BCUT2D eigenvalue weighted by atomic mass is 9.92. The van der Waals surface area contributed by atoms with Crippen LogP contribution in [0, 0.1) is 18.3 Å². The van der Waals surface area contributed by atoms with Gasteiger partial charge in [0.25, 0.3) is 0 Å². The summed E-state index contributed by atoms with van der Waals surface area (Å²) in [5.41, 5.74) is 8.17. The number of anilines is 1. The Labute approximate surface area is 174 Å². The van der Waals surface area contributed by atoms with Crippen molar-refractivity contribution >= 4 is 22.8 Å². The van der Waals surface area contributed by atoms with Gasteiger partial charge in [0.05, 0.1) is 22.8 Å². The Balaban J connectivity index is 1.81. The quantitative estimate of drug-likeness (QED) is 0.452. The van der Waals surface area contributed by atoms with E-state index in [4.69, 9.17) is 4.98 Å². The molecule has 0 spiro atoms. The zero-order valence-corrected chi connectivity index (χ0v) is 16.5. The van der Waals surface area contributed by atoms with Crippen LogP contribution in [0.2, 0.25) is 0 Å². The molecule has 142 valence electrons. The van der Waals surface area contributed by atoms with Crippen LogP contribution in [-0.2, 0) is 0 Å². The molecule has 0 bridgehead atoms. The fourth-order valence-electron chi connectivity index (χ4n) is 3.82. The van der Waals surface area contributed by atoms with Gasteiger partial charge in [-0.1, -0.05) is 30.8 Å². The minimum absolute atomic E-state index is 0.651. The lowest BCUT2D eigenvalue weighted by Crippen LogP contribution is -2.06. The first-order valence-electron chi connectivity index (χ1n) is 9.68. The predicted octanol–water partition coefficient (Wildman–Crippen LogP) is 6.10. The van der Waals surface area contributed by atoms with Gasteiger partial charge in [-0.05, 0) is 60.5 Å². The van der Waals surface area contributed by atoms with Gasteiger partial charge in [0, 0.05) is 34.0 Å². The molecule has 1 aliphatic heterocycles. The molecule has 1 aliphatic rings. The molecule has 0 amide bonds. The largest absolute Gasteiger partial charge is 0.340 e. The van der Waals surface area contributed by atoms with E-state index in [-0.39, 0.29) is 0 Å². The molecule has 1 N–H and O–H groups in total. The minimum atomic E-state index is 0.651. The molecule has 5 rings (SSSR count). The van der Waals surface area contributed by atoms with Crippen LogP contribution in [0.15, 0.2) is 79.1 Å². The van der Waals surface area contributed by atoms with E-state index in [1.165, 1.54) is 0 Å². The van der Waals surface area contributed by atoms with Crippen molar-refractivity contribution in [2.45, 2.75) is 6.92 Å². The van der Waals surface area contributed by atoms with Crippen LogP contribution in [0.25, 0.3) is 39.4 Å². The van der Waals surface area contributed by atoms with Gasteiger partial charge in [0.2, 0.25) is 0 Å². The summed E-state index contributed by atoms with van der Waals surface area (Å²) in [6, 6.07) is 20.4. The number of nitrogens with zero attached hydrogens (tertiary/aromatic N) is 3. The Morgan fingerprint density at radius 3 is 2.77 bits per heavy atom. The second-order valence-corrected chi connectivity index (χ2v) is 7.31. The number of pyridine rings is 2. The van der Waals surface area contributed by atoms with Crippen LogP contribution >= 0.6 is 0 Å². The average Bonchev–Trinajstić information content (AvgIpc) is 2.78. The van der Waals surface area contributed by atoms with E-state index in [9.17, 15) is 5.26 Å². The minimum Gasteiger partial charge on any atom is -0.340 e. The van der Waals surface area contributed by atoms with Gasteiger partial charge in [-0.15, -0.1) is 0 Å². The highest BCUT2D eigenvalue weighted by Gasteiger charge is 2.18. The zero-order valence-electron chi connectivity index (χ0n) is 16.5. The van der Waals surface area contributed by atoms with Crippen molar-refractivity contribution in [2.75, 3.05) is 5.32 Å². The molecular formula is C26H18N4. The number of allylic oxidation sites excluding steroid dienone is 1. The van der Waals surface area contributed by atoms with Crippen molar-refractivity contribution in [3.05, 3.63) is 95.8 Å². The third-order valence-electron chi connectivity index (χ3n) is 5.42. The van der Waals surface area contributed by atoms with Crippen LogP contribution in [0.3, 0.4) is 0 Å². The molecule has 0 radical (unpaired) electrons. The van der Waals surface area contributed by atoms with Crippen molar-refractivity contribution < 1.29 is 0 Å². The lowest BCUT2D eigenvalue weighted by molar-refractivity contribution is 1.25. The monoisotopic (exact) mass is 386 g/mol. The fourth-order valence-corrected chi connectivity index (χ4v) is 3.82. The predicted molar refractivity (Wildman–Crippen MR) is 122 cm³/mol. The summed E-state index contributed by atoms with van der Waals surface area (Å²) < 4.78 is 0. The number of nitrogens with one attached hydrogen (secondary N) is 1. The molecule has 3 heterocycles. The molecular weight excluding hydrogens is 368 g/mol. The highest BCUT2D eigenvalue weighted by Crippen LogP contribution is 2.38. The summed E-state index contributed by atoms with van der Waals surface area (Å²) >= 11 is 0. The third-order valence-corrected chi connectivity index (χ3v) is 5.42. The number of hydrogen-bond acceptors (Lipinski definition) is 4. The summed E-state index contributed by atoms with van der Waals surface area (Å²) in [6.07, 6.45) is 5.77. The van der Waals surface area contributed by atoms with Crippen LogP contribution in [-0.4, -0.2) is 9.97 Å². The summed E-state index contributed by atoms with van der Waals surface area (Å²) in [7, 11) is 0. The molecule has 2 aromatic carbocycles. The number of benzene rings is 2. The Kier molecular flexibility index (Phi) is 4.15. The molecule has 4 aromatic rings. The van der Waals surface area contributed by atoms with Crippen molar-refractivity contribution in [2.24, 2.45) is 0 Å². The van der Waals surface area contributed by atoms with Gasteiger partial charge in [-0.3, -0.25) is 4.98 Å². The summed E-state index contributed by atoms with van der Waals surface area (Å²) in [4.78, 5) is 9.41. The molecule has 4 nitrogen and oxygen atoms in total. The van der Waals surface area contributed by atoms with E-state index >= 15 is 0 Å². The molecule has 0 atom stereocenters. The maximum atomic E-state index is 9.51. The topological polar surface area (TPSA) is 61.6 Å². The van der Waals surface area contributed by atoms with Gasteiger partial charge in [0.15, 0.2) is 0 Å². The molecule has 2 aromatic heterocycles. The van der Waals surface area contributed by atoms with Crippen molar-refractivity contribution in [3.63, 3.8) is 0 Å². The maximum absolute atomic E-state index is 9.51. The average molecular weight is 386 g/mol. The first-order valence-corrected chi connectivity index (χ1v) is 9.68. The second-order valence-electron chi connectivity index (χ2n) is 7.31. The number of nitriles is 1. The van der Waals surface area contributed by atoms with Crippen molar-refractivity contribution in [1.29, 1.82) is 5.26 Å². The number of rotatable bonds is 2. The van der Waals surface area contributed by atoms with Crippen LogP contribution < -0.4 is 5.32 Å². The van der Waals surface area contributed by atoms with Gasteiger partial charge < -0.3 is 5.32 Å². The molecule has 0 saturated heterocycles. The van der Waals surface area contributed by atoms with Gasteiger partial charge in [-0.25, -0.2) is 4.98 Å².